The highest BCUT2D eigenvalue weighted by Gasteiger charge is 2.13. The number of rotatable bonds is 2. The Bertz CT molecular complexity index is 712. The number of nitrogens with one attached hydrogen (secondary N) is 1. The topological polar surface area (TPSA) is 72.5 Å². The SMILES string of the molecule is CCn1c(-c2cc(N)n[nH]2)nc2ccc(Cl)cc21. The van der Waals surface area contributed by atoms with Gasteiger partial charge in [0.05, 0.1) is 11.0 Å². The van der Waals surface area contributed by atoms with Crippen LogP contribution in [0.25, 0.3) is 22.6 Å². The van der Waals surface area contributed by atoms with Crippen molar-refractivity contribution < 1.29 is 0 Å². The van der Waals surface area contributed by atoms with Gasteiger partial charge < -0.3 is 10.3 Å². The van der Waals surface area contributed by atoms with Gasteiger partial charge in [0.25, 0.3) is 0 Å². The first-order chi connectivity index (χ1) is 8.69. The zero-order valence-electron chi connectivity index (χ0n) is 9.81. The van der Waals surface area contributed by atoms with Crippen LogP contribution in [0.1, 0.15) is 6.92 Å². The first kappa shape index (κ1) is 11.1. The summed E-state index contributed by atoms with van der Waals surface area (Å²) < 4.78 is 2.08. The van der Waals surface area contributed by atoms with Gasteiger partial charge in [-0.25, -0.2) is 4.98 Å². The van der Waals surface area contributed by atoms with Crippen molar-refractivity contribution >= 4 is 28.5 Å². The van der Waals surface area contributed by atoms with E-state index in [4.69, 9.17) is 17.3 Å². The molecule has 0 atom stereocenters. The van der Waals surface area contributed by atoms with Crippen molar-refractivity contribution in [3.63, 3.8) is 0 Å². The molecular weight excluding hydrogens is 250 g/mol. The molecule has 0 spiro atoms. The summed E-state index contributed by atoms with van der Waals surface area (Å²) in [6.45, 7) is 2.86. The van der Waals surface area contributed by atoms with E-state index in [-0.39, 0.29) is 0 Å². The predicted molar refractivity (Wildman–Crippen MR) is 72.4 cm³/mol. The van der Waals surface area contributed by atoms with Crippen molar-refractivity contribution in [2.24, 2.45) is 0 Å². The molecule has 0 aliphatic carbocycles. The number of aromatic amines is 1. The number of hydrogen-bond donors (Lipinski definition) is 2. The Labute approximate surface area is 109 Å². The van der Waals surface area contributed by atoms with Gasteiger partial charge in [-0.3, -0.25) is 5.10 Å². The largest absolute Gasteiger partial charge is 0.382 e. The number of nitrogens with two attached hydrogens (primary N) is 1. The smallest absolute Gasteiger partial charge is 0.159 e. The van der Waals surface area contributed by atoms with Crippen LogP contribution in [-0.4, -0.2) is 19.7 Å². The molecule has 6 heteroatoms. The number of hydrogen-bond acceptors (Lipinski definition) is 3. The molecule has 0 unspecified atom stereocenters. The molecule has 0 bridgehead atoms. The van der Waals surface area contributed by atoms with Gasteiger partial charge in [-0.1, -0.05) is 11.6 Å². The molecule has 0 amide bonds. The monoisotopic (exact) mass is 261 g/mol. The average molecular weight is 262 g/mol. The third kappa shape index (κ3) is 1.64. The van der Waals surface area contributed by atoms with Crippen molar-refractivity contribution in [2.45, 2.75) is 13.5 Å². The fraction of sp³-hybridized carbons (Fsp3) is 0.167. The van der Waals surface area contributed by atoms with Gasteiger partial charge in [0, 0.05) is 17.6 Å². The zero-order chi connectivity index (χ0) is 12.7. The first-order valence-corrected chi connectivity index (χ1v) is 6.04. The summed E-state index contributed by atoms with van der Waals surface area (Å²) in [5.74, 6) is 1.27. The highest BCUT2D eigenvalue weighted by molar-refractivity contribution is 6.31. The number of aromatic nitrogens is 4. The normalized spacial score (nSPS) is 11.2. The fourth-order valence-electron chi connectivity index (χ4n) is 2.07. The van der Waals surface area contributed by atoms with Crippen LogP contribution in [-0.2, 0) is 6.54 Å². The lowest BCUT2D eigenvalue weighted by Gasteiger charge is -2.03. The summed E-state index contributed by atoms with van der Waals surface area (Å²) in [6, 6.07) is 7.43. The Balaban J connectivity index is 2.29. The lowest BCUT2D eigenvalue weighted by Crippen LogP contribution is -1.97. The number of H-pyrrole nitrogens is 1. The predicted octanol–water partition coefficient (Wildman–Crippen LogP) is 2.68. The number of aryl methyl sites for hydroxylation is 1. The Morgan fingerprint density at radius 1 is 1.39 bits per heavy atom. The van der Waals surface area contributed by atoms with Crippen molar-refractivity contribution in [1.82, 2.24) is 19.7 Å². The molecule has 3 N–H and O–H groups in total. The van der Waals surface area contributed by atoms with Gasteiger partial charge >= 0.3 is 0 Å². The average Bonchev–Trinajstić information content (AvgIpc) is 2.91. The summed E-state index contributed by atoms with van der Waals surface area (Å²) in [5, 5.41) is 7.51. The molecule has 3 aromatic rings. The van der Waals surface area contributed by atoms with Crippen molar-refractivity contribution in [1.29, 1.82) is 0 Å². The van der Waals surface area contributed by atoms with Gasteiger partial charge in [0.2, 0.25) is 0 Å². The van der Waals surface area contributed by atoms with Gasteiger partial charge in [0.15, 0.2) is 5.82 Å². The Kier molecular flexibility index (Phi) is 2.48. The van der Waals surface area contributed by atoms with Gasteiger partial charge in [-0.05, 0) is 25.1 Å². The minimum Gasteiger partial charge on any atom is -0.382 e. The molecule has 18 heavy (non-hydrogen) atoms. The van der Waals surface area contributed by atoms with E-state index in [2.05, 4.69) is 26.7 Å². The van der Waals surface area contributed by atoms with E-state index in [9.17, 15) is 0 Å². The van der Waals surface area contributed by atoms with Crippen LogP contribution < -0.4 is 5.73 Å². The van der Waals surface area contributed by atoms with Gasteiger partial charge in [-0.2, -0.15) is 5.10 Å². The van der Waals surface area contributed by atoms with E-state index < -0.39 is 0 Å². The van der Waals surface area contributed by atoms with E-state index in [1.807, 2.05) is 18.2 Å². The number of imidazole rings is 1. The summed E-state index contributed by atoms with van der Waals surface area (Å²) in [7, 11) is 0. The van der Waals surface area contributed by atoms with Crippen molar-refractivity contribution in [3.05, 3.63) is 29.3 Å². The molecular formula is C12H12ClN5. The molecule has 0 radical (unpaired) electrons. The van der Waals surface area contributed by atoms with Crippen LogP contribution in [0.5, 0.6) is 0 Å². The number of nitrogen functional groups attached to an aromatic ring is 1. The van der Waals surface area contributed by atoms with Crippen molar-refractivity contribution in [2.75, 3.05) is 5.73 Å². The molecule has 92 valence electrons. The van der Waals surface area contributed by atoms with Gasteiger partial charge in [0.1, 0.15) is 11.5 Å². The maximum Gasteiger partial charge on any atom is 0.159 e. The second-order valence-electron chi connectivity index (χ2n) is 4.02. The van der Waals surface area contributed by atoms with E-state index in [0.29, 0.717) is 10.8 Å². The van der Waals surface area contributed by atoms with Crippen LogP contribution in [0.15, 0.2) is 24.3 Å². The molecule has 3 rings (SSSR count). The first-order valence-electron chi connectivity index (χ1n) is 5.66. The summed E-state index contributed by atoms with van der Waals surface area (Å²) in [4.78, 5) is 4.59. The minimum absolute atomic E-state index is 0.456. The maximum absolute atomic E-state index is 6.03. The number of nitrogens with zero attached hydrogens (tertiary/aromatic N) is 3. The maximum atomic E-state index is 6.03. The third-order valence-corrected chi connectivity index (χ3v) is 3.10. The van der Waals surface area contributed by atoms with E-state index in [1.165, 1.54) is 0 Å². The van der Waals surface area contributed by atoms with E-state index in [1.54, 1.807) is 6.07 Å². The minimum atomic E-state index is 0.456. The van der Waals surface area contributed by atoms with Crippen molar-refractivity contribution in [3.8, 4) is 11.5 Å². The molecule has 0 aliphatic rings. The Morgan fingerprint density at radius 3 is 2.89 bits per heavy atom. The number of fused-ring (bicyclic) bond motifs is 1. The molecule has 0 saturated carbocycles. The second kappa shape index (κ2) is 4.03. The molecule has 0 aliphatic heterocycles. The van der Waals surface area contributed by atoms with Crippen LogP contribution in [0.4, 0.5) is 5.82 Å². The summed E-state index contributed by atoms with van der Waals surface area (Å²) in [5.41, 5.74) is 8.35. The highest BCUT2D eigenvalue weighted by atomic mass is 35.5. The number of benzene rings is 1. The lowest BCUT2D eigenvalue weighted by atomic mass is 10.3. The fourth-order valence-corrected chi connectivity index (χ4v) is 2.24. The quantitative estimate of drug-likeness (QED) is 0.745. The number of anilines is 1. The molecule has 2 aromatic heterocycles. The molecule has 1 aromatic carbocycles. The van der Waals surface area contributed by atoms with E-state index >= 15 is 0 Å². The van der Waals surface area contributed by atoms with Crippen LogP contribution >= 0.6 is 11.6 Å². The van der Waals surface area contributed by atoms with E-state index in [0.717, 1.165) is 29.1 Å². The van der Waals surface area contributed by atoms with Crippen LogP contribution in [0.2, 0.25) is 5.02 Å². The van der Waals surface area contributed by atoms with Gasteiger partial charge in [-0.15, -0.1) is 0 Å². The van der Waals surface area contributed by atoms with Crippen LogP contribution in [0, 0.1) is 0 Å². The highest BCUT2D eigenvalue weighted by Crippen LogP contribution is 2.26. The second-order valence-corrected chi connectivity index (χ2v) is 4.46. The van der Waals surface area contributed by atoms with Crippen LogP contribution in [0.3, 0.4) is 0 Å². The Morgan fingerprint density at radius 2 is 2.22 bits per heavy atom. The summed E-state index contributed by atoms with van der Waals surface area (Å²) in [6.07, 6.45) is 0. The number of halogens is 1. The molecule has 5 nitrogen and oxygen atoms in total. The Hall–Kier alpha value is -2.01. The zero-order valence-corrected chi connectivity index (χ0v) is 10.6. The third-order valence-electron chi connectivity index (χ3n) is 2.87. The molecule has 0 saturated heterocycles. The lowest BCUT2D eigenvalue weighted by molar-refractivity contribution is 0.792. The summed E-state index contributed by atoms with van der Waals surface area (Å²) >= 11 is 6.03. The molecule has 2 heterocycles. The molecule has 0 fully saturated rings. The standard InChI is InChI=1S/C12H12ClN5/c1-2-18-10-5-7(13)3-4-8(10)15-12(18)9-6-11(14)17-16-9/h3-6H,2H2,1H3,(H3,14,16,17).